The Morgan fingerprint density at radius 3 is 2.80 bits per heavy atom. The molecule has 4 heteroatoms. The second-order valence-electron chi connectivity index (χ2n) is 5.71. The average molecular weight is 293 g/mol. The lowest BCUT2D eigenvalue weighted by Gasteiger charge is -2.31. The van der Waals surface area contributed by atoms with Crippen molar-refractivity contribution in [2.24, 2.45) is 0 Å². The number of piperidine rings is 1. The van der Waals surface area contributed by atoms with Gasteiger partial charge in [0.25, 0.3) is 0 Å². The summed E-state index contributed by atoms with van der Waals surface area (Å²) in [6.07, 6.45) is 5.37. The van der Waals surface area contributed by atoms with Crippen molar-refractivity contribution in [1.82, 2.24) is 10.2 Å². The van der Waals surface area contributed by atoms with E-state index in [0.717, 1.165) is 49.4 Å². The van der Waals surface area contributed by atoms with Gasteiger partial charge >= 0.3 is 0 Å². The molecule has 2 heterocycles. The van der Waals surface area contributed by atoms with E-state index < -0.39 is 0 Å². The summed E-state index contributed by atoms with van der Waals surface area (Å²) in [6.45, 7) is 1.81. The Morgan fingerprint density at radius 2 is 2.05 bits per heavy atom. The lowest BCUT2D eigenvalue weighted by Crippen LogP contribution is -2.48. The van der Waals surface area contributed by atoms with Crippen LogP contribution in [-0.4, -0.2) is 29.9 Å². The van der Waals surface area contributed by atoms with E-state index in [9.17, 15) is 4.79 Å². The van der Waals surface area contributed by atoms with Crippen LogP contribution < -0.4 is 5.32 Å². The third-order valence-corrected chi connectivity index (χ3v) is 4.75. The van der Waals surface area contributed by atoms with Crippen LogP contribution in [0.3, 0.4) is 0 Å². The molecule has 1 aromatic carbocycles. The van der Waals surface area contributed by atoms with Crippen LogP contribution in [0.5, 0.6) is 0 Å². The first-order valence-electron chi connectivity index (χ1n) is 7.55. The summed E-state index contributed by atoms with van der Waals surface area (Å²) in [4.78, 5) is 14.7. The molecule has 1 N–H and O–H groups in total. The van der Waals surface area contributed by atoms with Gasteiger partial charge < -0.3 is 10.2 Å². The Morgan fingerprint density at radius 1 is 1.20 bits per heavy atom. The number of carbonyl (C=O) groups is 1. The molecule has 20 heavy (non-hydrogen) atoms. The Bertz CT molecular complexity index is 485. The molecule has 108 valence electrons. The molecular weight excluding hydrogens is 272 g/mol. The summed E-state index contributed by atoms with van der Waals surface area (Å²) >= 11 is 6.31. The average Bonchev–Trinajstić information content (AvgIpc) is 2.97. The third kappa shape index (κ3) is 2.70. The van der Waals surface area contributed by atoms with Crippen molar-refractivity contribution < 1.29 is 4.79 Å². The van der Waals surface area contributed by atoms with E-state index in [2.05, 4.69) is 5.32 Å². The summed E-state index contributed by atoms with van der Waals surface area (Å²) < 4.78 is 0. The molecular formula is C16H21ClN2O. The standard InChI is InChI=1S/C16H21ClN2O/c17-13-7-2-1-6-12(13)15-9-5-11-19(15)16(20)14-8-3-4-10-18-14/h1-2,6-7,14-15,18H,3-5,8-11H2. The minimum absolute atomic E-state index is 0.00633. The lowest BCUT2D eigenvalue weighted by molar-refractivity contribution is -0.135. The number of halogens is 1. The number of rotatable bonds is 2. The van der Waals surface area contributed by atoms with E-state index in [4.69, 9.17) is 11.6 Å². The van der Waals surface area contributed by atoms with Crippen molar-refractivity contribution in [3.63, 3.8) is 0 Å². The molecule has 1 amide bonds. The van der Waals surface area contributed by atoms with E-state index in [1.54, 1.807) is 0 Å². The van der Waals surface area contributed by atoms with Gasteiger partial charge in [0, 0.05) is 11.6 Å². The quantitative estimate of drug-likeness (QED) is 0.908. The first-order chi connectivity index (χ1) is 9.77. The summed E-state index contributed by atoms with van der Waals surface area (Å²) in [5, 5.41) is 4.13. The second-order valence-corrected chi connectivity index (χ2v) is 6.12. The Labute approximate surface area is 125 Å². The predicted octanol–water partition coefficient (Wildman–Crippen LogP) is 3.15. The molecule has 1 aromatic rings. The highest BCUT2D eigenvalue weighted by molar-refractivity contribution is 6.31. The minimum atomic E-state index is 0.00633. The summed E-state index contributed by atoms with van der Waals surface area (Å²) in [7, 11) is 0. The van der Waals surface area contributed by atoms with Gasteiger partial charge in [0.05, 0.1) is 12.1 Å². The lowest BCUT2D eigenvalue weighted by atomic mass is 10.0. The van der Waals surface area contributed by atoms with Crippen molar-refractivity contribution in [3.8, 4) is 0 Å². The normalized spacial score (nSPS) is 26.8. The van der Waals surface area contributed by atoms with Crippen LogP contribution in [0.4, 0.5) is 0 Å². The van der Waals surface area contributed by atoms with Crippen molar-refractivity contribution in [3.05, 3.63) is 34.9 Å². The van der Waals surface area contributed by atoms with Gasteiger partial charge in [0.2, 0.25) is 5.91 Å². The first-order valence-corrected chi connectivity index (χ1v) is 7.93. The van der Waals surface area contributed by atoms with Crippen LogP contribution in [-0.2, 0) is 4.79 Å². The number of nitrogens with one attached hydrogen (secondary N) is 1. The molecule has 3 nitrogen and oxygen atoms in total. The smallest absolute Gasteiger partial charge is 0.240 e. The molecule has 0 saturated carbocycles. The van der Waals surface area contributed by atoms with Crippen LogP contribution in [0.1, 0.15) is 43.7 Å². The van der Waals surface area contributed by atoms with Crippen molar-refractivity contribution in [2.45, 2.75) is 44.2 Å². The summed E-state index contributed by atoms with van der Waals surface area (Å²) in [5.41, 5.74) is 1.09. The maximum Gasteiger partial charge on any atom is 0.240 e. The highest BCUT2D eigenvalue weighted by Crippen LogP contribution is 2.36. The van der Waals surface area contributed by atoms with Crippen molar-refractivity contribution >= 4 is 17.5 Å². The maximum atomic E-state index is 12.7. The number of hydrogen-bond donors (Lipinski definition) is 1. The molecule has 2 aliphatic rings. The molecule has 2 saturated heterocycles. The van der Waals surface area contributed by atoms with Gasteiger partial charge in [-0.15, -0.1) is 0 Å². The molecule has 2 aliphatic heterocycles. The van der Waals surface area contributed by atoms with Crippen molar-refractivity contribution in [2.75, 3.05) is 13.1 Å². The number of amides is 1. The summed E-state index contributed by atoms with van der Waals surface area (Å²) in [5.74, 6) is 0.257. The SMILES string of the molecule is O=C(C1CCCCN1)N1CCCC1c1ccccc1Cl. The zero-order valence-corrected chi connectivity index (χ0v) is 12.4. The van der Waals surface area contributed by atoms with Crippen LogP contribution in [0.15, 0.2) is 24.3 Å². The Hall–Kier alpha value is -1.06. The number of carbonyl (C=O) groups excluding carboxylic acids is 1. The van der Waals surface area contributed by atoms with Gasteiger partial charge in [0.15, 0.2) is 0 Å². The second kappa shape index (κ2) is 6.15. The fourth-order valence-corrected chi connectivity index (χ4v) is 3.62. The third-order valence-electron chi connectivity index (χ3n) is 4.41. The fourth-order valence-electron chi connectivity index (χ4n) is 3.36. The van der Waals surface area contributed by atoms with Gasteiger partial charge in [-0.3, -0.25) is 4.79 Å². The number of nitrogens with zero attached hydrogens (tertiary/aromatic N) is 1. The highest BCUT2D eigenvalue weighted by Gasteiger charge is 2.34. The number of hydrogen-bond acceptors (Lipinski definition) is 2. The Balaban J connectivity index is 1.78. The van der Waals surface area contributed by atoms with Gasteiger partial charge in [-0.2, -0.15) is 0 Å². The number of likely N-dealkylation sites (tertiary alicyclic amines) is 1. The zero-order valence-electron chi connectivity index (χ0n) is 11.6. The zero-order chi connectivity index (χ0) is 13.9. The van der Waals surface area contributed by atoms with Crippen molar-refractivity contribution in [1.29, 1.82) is 0 Å². The molecule has 0 aromatic heterocycles. The van der Waals surface area contributed by atoms with Crippen LogP contribution in [0, 0.1) is 0 Å². The Kier molecular flexibility index (Phi) is 4.27. The summed E-state index contributed by atoms with van der Waals surface area (Å²) in [6, 6.07) is 8.06. The van der Waals surface area contributed by atoms with Crippen LogP contribution >= 0.6 is 11.6 Å². The predicted molar refractivity (Wildman–Crippen MR) is 80.8 cm³/mol. The van der Waals surface area contributed by atoms with Gasteiger partial charge in [0.1, 0.15) is 0 Å². The molecule has 0 aliphatic carbocycles. The van der Waals surface area contributed by atoms with E-state index in [0.29, 0.717) is 0 Å². The van der Waals surface area contributed by atoms with E-state index in [-0.39, 0.29) is 18.0 Å². The minimum Gasteiger partial charge on any atom is -0.334 e. The van der Waals surface area contributed by atoms with Crippen LogP contribution in [0.25, 0.3) is 0 Å². The first kappa shape index (κ1) is 13.9. The topological polar surface area (TPSA) is 32.3 Å². The highest BCUT2D eigenvalue weighted by atomic mass is 35.5. The van der Waals surface area contributed by atoms with Gasteiger partial charge in [-0.1, -0.05) is 36.2 Å². The molecule has 2 unspecified atom stereocenters. The van der Waals surface area contributed by atoms with E-state index >= 15 is 0 Å². The molecule has 2 fully saturated rings. The van der Waals surface area contributed by atoms with E-state index in [1.165, 1.54) is 6.42 Å². The fraction of sp³-hybridized carbons (Fsp3) is 0.562. The molecule has 0 bridgehead atoms. The maximum absolute atomic E-state index is 12.7. The van der Waals surface area contributed by atoms with E-state index in [1.807, 2.05) is 29.2 Å². The molecule has 2 atom stereocenters. The molecule has 3 rings (SSSR count). The largest absolute Gasteiger partial charge is 0.334 e. The van der Waals surface area contributed by atoms with Gasteiger partial charge in [-0.25, -0.2) is 0 Å². The monoisotopic (exact) mass is 292 g/mol. The molecule has 0 spiro atoms. The van der Waals surface area contributed by atoms with Gasteiger partial charge in [-0.05, 0) is 43.9 Å². The van der Waals surface area contributed by atoms with Crippen LogP contribution in [0.2, 0.25) is 5.02 Å². The number of benzene rings is 1. The molecule has 0 radical (unpaired) electrons.